The Morgan fingerprint density at radius 3 is 2.64 bits per heavy atom. The lowest BCUT2D eigenvalue weighted by Crippen LogP contribution is -2.41. The van der Waals surface area contributed by atoms with Crippen molar-refractivity contribution in [2.45, 2.75) is 59.1 Å². The van der Waals surface area contributed by atoms with Crippen LogP contribution in [0.1, 0.15) is 52.1 Å². The first-order valence-electron chi connectivity index (χ1n) is 8.89. The number of furan rings is 1. The minimum Gasteiger partial charge on any atom is -0.463 e. The van der Waals surface area contributed by atoms with E-state index in [9.17, 15) is 9.90 Å². The second-order valence-electron chi connectivity index (χ2n) is 6.43. The van der Waals surface area contributed by atoms with Crippen molar-refractivity contribution in [2.75, 3.05) is 19.6 Å². The van der Waals surface area contributed by atoms with Gasteiger partial charge in [-0.05, 0) is 46.2 Å². The molecule has 0 radical (unpaired) electrons. The van der Waals surface area contributed by atoms with Gasteiger partial charge in [0.05, 0.1) is 6.54 Å². The van der Waals surface area contributed by atoms with Crippen LogP contribution in [0.4, 0.5) is 0 Å². The van der Waals surface area contributed by atoms with E-state index >= 15 is 0 Å². The zero-order chi connectivity index (χ0) is 18.9. The van der Waals surface area contributed by atoms with Gasteiger partial charge in [-0.3, -0.25) is 4.79 Å². The second-order valence-corrected chi connectivity index (χ2v) is 6.43. The van der Waals surface area contributed by atoms with Gasteiger partial charge in [0.2, 0.25) is 5.91 Å². The van der Waals surface area contributed by atoms with Crippen LogP contribution >= 0.6 is 0 Å². The number of aliphatic imine (C=N–C) groups is 1. The molecule has 25 heavy (non-hydrogen) atoms. The minimum atomic E-state index is -1.19. The smallest absolute Gasteiger partial charge is 0.221 e. The fourth-order valence-electron chi connectivity index (χ4n) is 2.12. The second kappa shape index (κ2) is 10.1. The predicted octanol–water partition coefficient (Wildman–Crippen LogP) is 1.66. The van der Waals surface area contributed by atoms with Gasteiger partial charge in [-0.1, -0.05) is 6.92 Å². The summed E-state index contributed by atoms with van der Waals surface area (Å²) in [5.41, 5.74) is -1.19. The van der Waals surface area contributed by atoms with E-state index < -0.39 is 5.60 Å². The predicted molar refractivity (Wildman–Crippen MR) is 99.5 cm³/mol. The first-order chi connectivity index (χ1) is 11.8. The van der Waals surface area contributed by atoms with Gasteiger partial charge >= 0.3 is 0 Å². The van der Waals surface area contributed by atoms with Crippen molar-refractivity contribution in [3.63, 3.8) is 0 Å². The average molecular weight is 352 g/mol. The zero-order valence-electron chi connectivity index (χ0n) is 16.0. The molecule has 1 amide bonds. The summed E-state index contributed by atoms with van der Waals surface area (Å²) >= 11 is 0. The zero-order valence-corrected chi connectivity index (χ0v) is 16.0. The summed E-state index contributed by atoms with van der Waals surface area (Å²) in [6.07, 6.45) is 1.27. The van der Waals surface area contributed by atoms with E-state index in [0.29, 0.717) is 31.2 Å². The third-order valence-electron chi connectivity index (χ3n) is 3.82. The van der Waals surface area contributed by atoms with Gasteiger partial charge in [0.25, 0.3) is 0 Å². The Balaban J connectivity index is 2.54. The molecule has 0 aliphatic heterocycles. The Morgan fingerprint density at radius 1 is 1.36 bits per heavy atom. The number of nitrogens with one attached hydrogen (secondary N) is 3. The quantitative estimate of drug-likeness (QED) is 0.400. The molecule has 0 saturated carbocycles. The molecule has 0 spiro atoms. The summed E-state index contributed by atoms with van der Waals surface area (Å²) in [7, 11) is 0. The van der Waals surface area contributed by atoms with E-state index in [1.165, 1.54) is 0 Å². The number of carbonyl (C=O) groups is 1. The van der Waals surface area contributed by atoms with E-state index in [-0.39, 0.29) is 18.5 Å². The Morgan fingerprint density at radius 2 is 2.08 bits per heavy atom. The third kappa shape index (κ3) is 7.60. The normalized spacial score (nSPS) is 15.4. The van der Waals surface area contributed by atoms with Crippen molar-refractivity contribution in [3.8, 4) is 0 Å². The van der Waals surface area contributed by atoms with Crippen molar-refractivity contribution in [1.82, 2.24) is 16.0 Å². The van der Waals surface area contributed by atoms with Gasteiger partial charge in [0.15, 0.2) is 5.96 Å². The van der Waals surface area contributed by atoms with Gasteiger partial charge in [0.1, 0.15) is 17.1 Å². The Bertz CT molecular complexity index is 566. The van der Waals surface area contributed by atoms with E-state index in [4.69, 9.17) is 4.42 Å². The van der Waals surface area contributed by atoms with Crippen molar-refractivity contribution < 1.29 is 14.3 Å². The van der Waals surface area contributed by atoms with Crippen LogP contribution in [0.5, 0.6) is 0 Å². The molecule has 0 bridgehead atoms. The number of amides is 1. The SMILES string of the molecule is CCNC(=NCC(C)(O)c1ccc(C)o1)NCCC(=O)NC(C)CC. The summed E-state index contributed by atoms with van der Waals surface area (Å²) in [4.78, 5) is 16.2. The Kier molecular flexibility index (Phi) is 8.48. The van der Waals surface area contributed by atoms with Gasteiger partial charge < -0.3 is 25.5 Å². The molecule has 1 aromatic heterocycles. The molecule has 0 fully saturated rings. The number of hydrogen-bond acceptors (Lipinski definition) is 4. The number of carbonyl (C=O) groups excluding carboxylic acids is 1. The number of hydrogen-bond donors (Lipinski definition) is 4. The highest BCUT2D eigenvalue weighted by Crippen LogP contribution is 2.22. The molecule has 4 N–H and O–H groups in total. The van der Waals surface area contributed by atoms with Crippen LogP contribution in [0.25, 0.3) is 0 Å². The first kappa shape index (κ1) is 21.0. The van der Waals surface area contributed by atoms with Crippen LogP contribution in [0.3, 0.4) is 0 Å². The average Bonchev–Trinajstić information content (AvgIpc) is 3.00. The minimum absolute atomic E-state index is 0.00996. The van der Waals surface area contributed by atoms with Crippen LogP contribution in [-0.2, 0) is 10.4 Å². The Hall–Kier alpha value is -2.02. The van der Waals surface area contributed by atoms with Crippen LogP contribution < -0.4 is 16.0 Å². The van der Waals surface area contributed by atoms with Gasteiger partial charge in [0, 0.05) is 25.6 Å². The molecule has 0 aliphatic carbocycles. The van der Waals surface area contributed by atoms with Crippen LogP contribution in [0.2, 0.25) is 0 Å². The van der Waals surface area contributed by atoms with Gasteiger partial charge in [-0.2, -0.15) is 0 Å². The topological polar surface area (TPSA) is 98.9 Å². The summed E-state index contributed by atoms with van der Waals surface area (Å²) in [6.45, 7) is 10.8. The molecule has 2 unspecified atom stereocenters. The molecule has 1 aromatic rings. The van der Waals surface area contributed by atoms with Crippen LogP contribution in [0, 0.1) is 6.92 Å². The molecule has 0 aromatic carbocycles. The number of nitrogens with zero attached hydrogens (tertiary/aromatic N) is 1. The molecule has 142 valence electrons. The number of aryl methyl sites for hydroxylation is 1. The fraction of sp³-hybridized carbons (Fsp3) is 0.667. The molecule has 0 saturated heterocycles. The highest BCUT2D eigenvalue weighted by Gasteiger charge is 2.26. The van der Waals surface area contributed by atoms with Crippen molar-refractivity contribution in [3.05, 3.63) is 23.7 Å². The lowest BCUT2D eigenvalue weighted by Gasteiger charge is -2.19. The van der Waals surface area contributed by atoms with Crippen molar-refractivity contribution >= 4 is 11.9 Å². The molecule has 7 heteroatoms. The lowest BCUT2D eigenvalue weighted by atomic mass is 10.0. The molecule has 1 heterocycles. The number of aliphatic hydroxyl groups is 1. The summed E-state index contributed by atoms with van der Waals surface area (Å²) in [5, 5.41) is 19.7. The maximum absolute atomic E-state index is 11.8. The van der Waals surface area contributed by atoms with Crippen LogP contribution in [0.15, 0.2) is 21.5 Å². The van der Waals surface area contributed by atoms with E-state index in [2.05, 4.69) is 20.9 Å². The fourth-order valence-corrected chi connectivity index (χ4v) is 2.12. The largest absolute Gasteiger partial charge is 0.463 e. The summed E-state index contributed by atoms with van der Waals surface area (Å²) in [6, 6.07) is 3.75. The Labute approximate surface area is 150 Å². The molecular weight excluding hydrogens is 320 g/mol. The third-order valence-corrected chi connectivity index (χ3v) is 3.82. The van der Waals surface area contributed by atoms with Gasteiger partial charge in [-0.25, -0.2) is 4.99 Å². The van der Waals surface area contributed by atoms with E-state index in [1.54, 1.807) is 13.0 Å². The molecule has 1 rings (SSSR count). The van der Waals surface area contributed by atoms with E-state index in [1.807, 2.05) is 33.8 Å². The maximum Gasteiger partial charge on any atom is 0.221 e. The maximum atomic E-state index is 11.8. The highest BCUT2D eigenvalue weighted by molar-refractivity contribution is 5.81. The lowest BCUT2D eigenvalue weighted by molar-refractivity contribution is -0.121. The molecule has 2 atom stereocenters. The van der Waals surface area contributed by atoms with Crippen molar-refractivity contribution in [1.29, 1.82) is 0 Å². The number of guanidine groups is 1. The van der Waals surface area contributed by atoms with Crippen LogP contribution in [-0.4, -0.2) is 42.6 Å². The monoisotopic (exact) mass is 352 g/mol. The first-order valence-corrected chi connectivity index (χ1v) is 8.89. The summed E-state index contributed by atoms with van der Waals surface area (Å²) < 4.78 is 5.49. The highest BCUT2D eigenvalue weighted by atomic mass is 16.4. The van der Waals surface area contributed by atoms with Crippen molar-refractivity contribution in [2.24, 2.45) is 4.99 Å². The molecular formula is C18H32N4O3. The molecule has 0 aliphatic rings. The standard InChI is InChI=1S/C18H32N4O3/c1-6-13(3)22-16(23)10-11-20-17(19-7-2)21-12-18(5,24)15-9-8-14(4)25-15/h8-9,13,24H,6-7,10-12H2,1-5H3,(H,22,23)(H2,19,20,21). The molecule has 7 nitrogen and oxygen atoms in total. The summed E-state index contributed by atoms with van der Waals surface area (Å²) in [5.74, 6) is 1.80. The number of rotatable bonds is 9. The van der Waals surface area contributed by atoms with Gasteiger partial charge in [-0.15, -0.1) is 0 Å². The van der Waals surface area contributed by atoms with E-state index in [0.717, 1.165) is 12.2 Å².